The molecule has 1 N–H and O–H groups in total. The Kier molecular flexibility index (Phi) is 5.00. The van der Waals surface area contributed by atoms with Crippen LogP contribution in [0.1, 0.15) is 50.9 Å². The molecule has 150 valence electrons. The van der Waals surface area contributed by atoms with Gasteiger partial charge in [0.2, 0.25) is 0 Å². The largest absolute Gasteiger partial charge is 0.355 e. The van der Waals surface area contributed by atoms with E-state index < -0.39 is 5.82 Å². The highest BCUT2D eigenvalue weighted by Crippen LogP contribution is 2.34. The molecular weight excluding hydrogens is 375 g/mol. The maximum Gasteiger partial charge on any atom is 0.259 e. The summed E-state index contributed by atoms with van der Waals surface area (Å²) in [6, 6.07) is 7.72. The van der Waals surface area contributed by atoms with Crippen molar-refractivity contribution in [2.45, 2.75) is 25.7 Å². The van der Waals surface area contributed by atoms with Gasteiger partial charge in [0.25, 0.3) is 17.5 Å². The third kappa shape index (κ3) is 3.46. The van der Waals surface area contributed by atoms with Crippen molar-refractivity contribution in [1.29, 1.82) is 0 Å². The van der Waals surface area contributed by atoms with E-state index in [0.717, 1.165) is 0 Å². The Morgan fingerprint density at radius 1 is 1.21 bits per heavy atom. The van der Waals surface area contributed by atoms with Crippen molar-refractivity contribution < 1.29 is 18.5 Å². The molecule has 3 heterocycles. The summed E-state index contributed by atoms with van der Waals surface area (Å²) in [5, 5.41) is 7.46. The molecule has 0 atom stereocenters. The van der Waals surface area contributed by atoms with E-state index in [9.17, 15) is 14.0 Å². The van der Waals surface area contributed by atoms with Crippen LogP contribution >= 0.6 is 0 Å². The van der Waals surface area contributed by atoms with Gasteiger partial charge >= 0.3 is 0 Å². The molecule has 2 amide bonds. The van der Waals surface area contributed by atoms with Gasteiger partial charge in [0, 0.05) is 31.7 Å². The first kappa shape index (κ1) is 19.0. The zero-order chi connectivity index (χ0) is 20.5. The van der Waals surface area contributed by atoms with Gasteiger partial charge in [-0.3, -0.25) is 9.59 Å². The van der Waals surface area contributed by atoms with Crippen molar-refractivity contribution in [3.63, 3.8) is 0 Å². The summed E-state index contributed by atoms with van der Waals surface area (Å²) in [5.74, 6) is -1.03. The van der Waals surface area contributed by atoms with Crippen LogP contribution in [0, 0.1) is 12.7 Å². The summed E-state index contributed by atoms with van der Waals surface area (Å²) in [6.07, 6.45) is 1.28. The van der Waals surface area contributed by atoms with Crippen LogP contribution in [0.3, 0.4) is 0 Å². The summed E-state index contributed by atoms with van der Waals surface area (Å²) in [7, 11) is 1.57. The van der Waals surface area contributed by atoms with E-state index in [-0.39, 0.29) is 23.3 Å². The number of nitrogens with zero attached hydrogens (tertiary/aromatic N) is 3. The number of halogens is 1. The molecule has 4 rings (SSSR count). The summed E-state index contributed by atoms with van der Waals surface area (Å²) < 4.78 is 19.3. The van der Waals surface area contributed by atoms with Crippen LogP contribution < -0.4 is 5.32 Å². The second kappa shape index (κ2) is 7.62. The van der Waals surface area contributed by atoms with Gasteiger partial charge in [-0.2, -0.15) is 0 Å². The van der Waals surface area contributed by atoms with E-state index in [1.54, 1.807) is 37.1 Å². The predicted molar refractivity (Wildman–Crippen MR) is 104 cm³/mol. The number of carbonyl (C=O) groups excluding carboxylic acids is 2. The summed E-state index contributed by atoms with van der Waals surface area (Å²) in [5.41, 5.74) is 2.26. The SMILES string of the molecule is CNC(=O)c1cc(C)nc2onc(C3CCN(C(=O)c4ccccc4F)CC3)c12. The van der Waals surface area contributed by atoms with Crippen molar-refractivity contribution >= 4 is 22.9 Å². The van der Waals surface area contributed by atoms with Crippen LogP contribution in [0.25, 0.3) is 11.1 Å². The molecule has 0 radical (unpaired) electrons. The molecule has 0 spiro atoms. The number of aryl methyl sites for hydroxylation is 1. The van der Waals surface area contributed by atoms with E-state index in [1.807, 2.05) is 0 Å². The van der Waals surface area contributed by atoms with Gasteiger partial charge in [0.15, 0.2) is 0 Å². The average Bonchev–Trinajstić information content (AvgIpc) is 3.16. The molecule has 1 aromatic carbocycles. The van der Waals surface area contributed by atoms with Gasteiger partial charge in [0.05, 0.1) is 22.2 Å². The number of piperidine rings is 1. The summed E-state index contributed by atoms with van der Waals surface area (Å²) in [4.78, 5) is 31.0. The number of amides is 2. The number of hydrogen-bond donors (Lipinski definition) is 1. The summed E-state index contributed by atoms with van der Waals surface area (Å²) in [6.45, 7) is 2.74. The maximum atomic E-state index is 13.9. The smallest absolute Gasteiger partial charge is 0.259 e. The Hall–Kier alpha value is -3.29. The van der Waals surface area contributed by atoms with Crippen molar-refractivity contribution in [3.8, 4) is 0 Å². The van der Waals surface area contributed by atoms with Crippen LogP contribution in [-0.4, -0.2) is 47.0 Å². The zero-order valence-electron chi connectivity index (χ0n) is 16.2. The number of fused-ring (bicyclic) bond motifs is 1. The Morgan fingerprint density at radius 2 is 1.93 bits per heavy atom. The lowest BCUT2D eigenvalue weighted by atomic mass is 9.90. The molecule has 1 aliphatic heterocycles. The number of pyridine rings is 1. The molecular formula is C21H21FN4O3. The lowest BCUT2D eigenvalue weighted by Crippen LogP contribution is -2.38. The molecule has 1 fully saturated rings. The highest BCUT2D eigenvalue weighted by molar-refractivity contribution is 6.06. The monoisotopic (exact) mass is 396 g/mol. The van der Waals surface area contributed by atoms with Gasteiger partial charge in [-0.25, -0.2) is 9.37 Å². The van der Waals surface area contributed by atoms with E-state index in [1.165, 1.54) is 12.1 Å². The van der Waals surface area contributed by atoms with E-state index in [4.69, 9.17) is 4.52 Å². The van der Waals surface area contributed by atoms with Crippen molar-refractivity contribution in [1.82, 2.24) is 20.4 Å². The topological polar surface area (TPSA) is 88.3 Å². The van der Waals surface area contributed by atoms with Crippen molar-refractivity contribution in [3.05, 3.63) is 58.7 Å². The molecule has 0 aliphatic carbocycles. The van der Waals surface area contributed by atoms with Crippen LogP contribution in [0.2, 0.25) is 0 Å². The van der Waals surface area contributed by atoms with Gasteiger partial charge in [-0.15, -0.1) is 0 Å². The Balaban J connectivity index is 1.58. The second-order valence-electron chi connectivity index (χ2n) is 7.18. The first-order valence-electron chi connectivity index (χ1n) is 9.52. The third-order valence-electron chi connectivity index (χ3n) is 5.35. The highest BCUT2D eigenvalue weighted by atomic mass is 19.1. The number of aromatic nitrogens is 2. The van der Waals surface area contributed by atoms with Crippen LogP contribution in [0.15, 0.2) is 34.9 Å². The fraction of sp³-hybridized carbons (Fsp3) is 0.333. The zero-order valence-corrected chi connectivity index (χ0v) is 16.2. The molecule has 0 unspecified atom stereocenters. The summed E-state index contributed by atoms with van der Waals surface area (Å²) >= 11 is 0. The molecule has 1 aliphatic rings. The molecule has 0 bridgehead atoms. The minimum absolute atomic E-state index is 0.0221. The lowest BCUT2D eigenvalue weighted by molar-refractivity contribution is 0.0707. The van der Waals surface area contributed by atoms with Crippen molar-refractivity contribution in [2.24, 2.45) is 0 Å². The minimum Gasteiger partial charge on any atom is -0.355 e. The fourth-order valence-corrected chi connectivity index (χ4v) is 3.85. The standard InChI is InChI=1S/C21H21FN4O3/c1-12-11-15(19(27)23-2)17-18(25-29-20(17)24-12)13-7-9-26(10-8-13)21(28)14-5-3-4-6-16(14)22/h3-6,11,13H,7-10H2,1-2H3,(H,23,27). The van der Waals surface area contributed by atoms with Crippen LogP contribution in [-0.2, 0) is 0 Å². The number of likely N-dealkylation sites (tertiary alicyclic amines) is 1. The minimum atomic E-state index is -0.515. The highest BCUT2D eigenvalue weighted by Gasteiger charge is 2.30. The van der Waals surface area contributed by atoms with Gasteiger partial charge in [0.1, 0.15) is 5.82 Å². The van der Waals surface area contributed by atoms with E-state index >= 15 is 0 Å². The molecule has 0 saturated carbocycles. The Morgan fingerprint density at radius 3 is 2.62 bits per heavy atom. The Labute approximate surface area is 166 Å². The molecule has 2 aromatic heterocycles. The third-order valence-corrected chi connectivity index (χ3v) is 5.35. The average molecular weight is 396 g/mol. The van der Waals surface area contributed by atoms with E-state index in [2.05, 4.69) is 15.5 Å². The normalized spacial score (nSPS) is 14.9. The van der Waals surface area contributed by atoms with Crippen LogP contribution in [0.4, 0.5) is 4.39 Å². The fourth-order valence-electron chi connectivity index (χ4n) is 3.85. The quantitative estimate of drug-likeness (QED) is 0.735. The molecule has 7 nitrogen and oxygen atoms in total. The lowest BCUT2D eigenvalue weighted by Gasteiger charge is -2.31. The number of carbonyl (C=O) groups is 2. The molecule has 3 aromatic rings. The Bertz CT molecular complexity index is 1090. The van der Waals surface area contributed by atoms with Crippen molar-refractivity contribution in [2.75, 3.05) is 20.1 Å². The second-order valence-corrected chi connectivity index (χ2v) is 7.18. The molecule has 8 heteroatoms. The van der Waals surface area contributed by atoms with E-state index in [0.29, 0.717) is 54.0 Å². The number of benzene rings is 1. The number of hydrogen-bond acceptors (Lipinski definition) is 5. The van der Waals surface area contributed by atoms with Crippen LogP contribution in [0.5, 0.6) is 0 Å². The first-order valence-corrected chi connectivity index (χ1v) is 9.52. The number of rotatable bonds is 3. The predicted octanol–water partition coefficient (Wildman–Crippen LogP) is 3.05. The maximum absolute atomic E-state index is 13.9. The van der Waals surface area contributed by atoms with Gasteiger partial charge in [-0.1, -0.05) is 17.3 Å². The van der Waals surface area contributed by atoms with Gasteiger partial charge in [-0.05, 0) is 38.0 Å². The molecule has 29 heavy (non-hydrogen) atoms. The van der Waals surface area contributed by atoms with Gasteiger partial charge < -0.3 is 14.7 Å². The first-order chi connectivity index (χ1) is 14.0. The molecule has 1 saturated heterocycles. The number of nitrogens with one attached hydrogen (secondary N) is 1.